The van der Waals surface area contributed by atoms with E-state index in [-0.39, 0.29) is 5.91 Å². The Morgan fingerprint density at radius 1 is 0.968 bits per heavy atom. The molecule has 1 N–H and O–H groups in total. The van der Waals surface area contributed by atoms with Crippen molar-refractivity contribution >= 4 is 35.3 Å². The summed E-state index contributed by atoms with van der Waals surface area (Å²) in [7, 11) is 0. The maximum absolute atomic E-state index is 12.2. The van der Waals surface area contributed by atoms with Gasteiger partial charge < -0.3 is 9.47 Å². The van der Waals surface area contributed by atoms with Crippen molar-refractivity contribution in [2.45, 2.75) is 20.0 Å². The fourth-order valence-electron chi connectivity index (χ4n) is 2.60. The van der Waals surface area contributed by atoms with Crippen LogP contribution in [0.15, 0.2) is 71.8 Å². The van der Waals surface area contributed by atoms with Crippen molar-refractivity contribution in [3.8, 4) is 11.5 Å². The minimum atomic E-state index is -0.293. The molecule has 3 aromatic rings. The molecule has 0 saturated carbocycles. The van der Waals surface area contributed by atoms with Gasteiger partial charge in [0, 0.05) is 21.2 Å². The van der Waals surface area contributed by atoms with Gasteiger partial charge in [0.2, 0.25) is 0 Å². The Morgan fingerprint density at radius 2 is 1.65 bits per heavy atom. The minimum absolute atomic E-state index is 0.293. The highest BCUT2D eigenvalue weighted by atomic mass is 35.5. The van der Waals surface area contributed by atoms with Crippen LogP contribution in [0, 0.1) is 0 Å². The first-order valence-electron chi connectivity index (χ1n) is 9.78. The Balaban J connectivity index is 1.49. The third kappa shape index (κ3) is 7.02. The quantitative estimate of drug-likeness (QED) is 0.311. The third-order valence-electron chi connectivity index (χ3n) is 4.26. The standard InChI is InChI=1S/C24H22Cl2N2O3/c1-2-13-30-21-11-6-18(7-12-21)24(29)28-27-15-17-3-9-22(10-4-17)31-16-19-5-8-20(25)14-23(19)26/h3-12,14-15H,2,13,16H2,1H3,(H,28,29)/b27-15-. The highest BCUT2D eigenvalue weighted by Crippen LogP contribution is 2.22. The maximum Gasteiger partial charge on any atom is 0.271 e. The molecule has 3 aromatic carbocycles. The molecule has 0 aliphatic heterocycles. The van der Waals surface area contributed by atoms with E-state index in [4.69, 9.17) is 32.7 Å². The summed E-state index contributed by atoms with van der Waals surface area (Å²) < 4.78 is 11.3. The first-order chi connectivity index (χ1) is 15.0. The predicted molar refractivity (Wildman–Crippen MR) is 125 cm³/mol. The predicted octanol–water partition coefficient (Wildman–Crippen LogP) is 6.13. The molecule has 0 saturated heterocycles. The summed E-state index contributed by atoms with van der Waals surface area (Å²) in [6, 6.07) is 19.6. The summed E-state index contributed by atoms with van der Waals surface area (Å²) in [5.41, 5.74) is 4.69. The number of nitrogens with one attached hydrogen (secondary N) is 1. The van der Waals surface area contributed by atoms with Gasteiger partial charge in [-0.25, -0.2) is 5.43 Å². The largest absolute Gasteiger partial charge is 0.494 e. The SMILES string of the molecule is CCCOc1ccc(C(=O)N/N=C\c2ccc(OCc3ccc(Cl)cc3Cl)cc2)cc1. The van der Waals surface area contributed by atoms with Crippen molar-refractivity contribution in [2.24, 2.45) is 5.10 Å². The summed E-state index contributed by atoms with van der Waals surface area (Å²) in [6.07, 6.45) is 2.50. The summed E-state index contributed by atoms with van der Waals surface area (Å²) in [4.78, 5) is 12.2. The molecule has 7 heteroatoms. The van der Waals surface area contributed by atoms with Crippen LogP contribution in [0.4, 0.5) is 0 Å². The van der Waals surface area contributed by atoms with Crippen LogP contribution in [0.5, 0.6) is 11.5 Å². The van der Waals surface area contributed by atoms with Crippen molar-refractivity contribution < 1.29 is 14.3 Å². The number of ether oxygens (including phenoxy) is 2. The summed E-state index contributed by atoms with van der Waals surface area (Å²) >= 11 is 12.1. The van der Waals surface area contributed by atoms with E-state index in [0.29, 0.717) is 34.6 Å². The Bertz CT molecular complexity index is 1040. The van der Waals surface area contributed by atoms with Gasteiger partial charge in [-0.2, -0.15) is 5.10 Å². The van der Waals surface area contributed by atoms with Gasteiger partial charge in [-0.05, 0) is 72.6 Å². The molecule has 0 bridgehead atoms. The highest BCUT2D eigenvalue weighted by molar-refractivity contribution is 6.35. The molecular formula is C24H22Cl2N2O3. The van der Waals surface area contributed by atoms with E-state index in [1.807, 2.05) is 37.3 Å². The zero-order chi connectivity index (χ0) is 22.1. The second kappa shape index (κ2) is 11.4. The number of benzene rings is 3. The van der Waals surface area contributed by atoms with Gasteiger partial charge in [0.15, 0.2) is 0 Å². The summed E-state index contributed by atoms with van der Waals surface area (Å²) in [5.74, 6) is 1.14. The first kappa shape index (κ1) is 22.7. The Kier molecular flexibility index (Phi) is 8.33. The lowest BCUT2D eigenvalue weighted by Gasteiger charge is -2.08. The fraction of sp³-hybridized carbons (Fsp3) is 0.167. The van der Waals surface area contributed by atoms with Crippen LogP contribution >= 0.6 is 23.2 Å². The Morgan fingerprint density at radius 3 is 2.32 bits per heavy atom. The van der Waals surface area contributed by atoms with Crippen LogP contribution in [0.25, 0.3) is 0 Å². The average molecular weight is 457 g/mol. The lowest BCUT2D eigenvalue weighted by Crippen LogP contribution is -2.17. The summed E-state index contributed by atoms with van der Waals surface area (Å²) in [5, 5.41) is 5.16. The van der Waals surface area contributed by atoms with Crippen molar-refractivity contribution in [3.63, 3.8) is 0 Å². The fourth-order valence-corrected chi connectivity index (χ4v) is 3.07. The molecule has 0 unspecified atom stereocenters. The van der Waals surface area contributed by atoms with E-state index in [1.54, 1.807) is 42.6 Å². The van der Waals surface area contributed by atoms with E-state index < -0.39 is 0 Å². The topological polar surface area (TPSA) is 59.9 Å². The van der Waals surface area contributed by atoms with E-state index in [0.717, 1.165) is 23.3 Å². The number of nitrogens with zero attached hydrogens (tertiary/aromatic N) is 1. The van der Waals surface area contributed by atoms with Gasteiger partial charge in [-0.15, -0.1) is 0 Å². The van der Waals surface area contributed by atoms with Crippen LogP contribution in [-0.4, -0.2) is 18.7 Å². The van der Waals surface area contributed by atoms with Crippen molar-refractivity contribution in [1.29, 1.82) is 0 Å². The molecule has 0 aromatic heterocycles. The second-order valence-electron chi connectivity index (χ2n) is 6.67. The lowest BCUT2D eigenvalue weighted by molar-refractivity contribution is 0.0955. The number of carbonyl (C=O) groups excluding carboxylic acids is 1. The molecule has 0 spiro atoms. The average Bonchev–Trinajstić information content (AvgIpc) is 2.78. The van der Waals surface area contributed by atoms with Crippen molar-refractivity contribution in [3.05, 3.63) is 93.5 Å². The van der Waals surface area contributed by atoms with Gasteiger partial charge in [0.05, 0.1) is 12.8 Å². The van der Waals surface area contributed by atoms with E-state index >= 15 is 0 Å². The number of carbonyl (C=O) groups is 1. The normalized spacial score (nSPS) is 10.8. The van der Waals surface area contributed by atoms with Crippen molar-refractivity contribution in [1.82, 2.24) is 5.43 Å². The van der Waals surface area contributed by atoms with Gasteiger partial charge in [-0.1, -0.05) is 36.2 Å². The van der Waals surface area contributed by atoms with Crippen LogP contribution in [-0.2, 0) is 6.61 Å². The maximum atomic E-state index is 12.2. The van der Waals surface area contributed by atoms with Crippen LogP contribution in [0.1, 0.15) is 34.8 Å². The molecule has 0 aliphatic rings. The number of rotatable bonds is 9. The Hall–Kier alpha value is -3.02. The zero-order valence-electron chi connectivity index (χ0n) is 17.0. The molecule has 0 aliphatic carbocycles. The number of hydrazone groups is 1. The minimum Gasteiger partial charge on any atom is -0.494 e. The van der Waals surface area contributed by atoms with E-state index in [1.165, 1.54) is 0 Å². The monoisotopic (exact) mass is 456 g/mol. The zero-order valence-corrected chi connectivity index (χ0v) is 18.5. The second-order valence-corrected chi connectivity index (χ2v) is 7.51. The van der Waals surface area contributed by atoms with Gasteiger partial charge in [0.1, 0.15) is 18.1 Å². The molecular weight excluding hydrogens is 435 g/mol. The molecule has 0 radical (unpaired) electrons. The lowest BCUT2D eigenvalue weighted by atomic mass is 10.2. The smallest absolute Gasteiger partial charge is 0.271 e. The first-order valence-corrected chi connectivity index (χ1v) is 10.5. The van der Waals surface area contributed by atoms with Gasteiger partial charge in [-0.3, -0.25) is 4.79 Å². The number of halogens is 2. The molecule has 0 atom stereocenters. The van der Waals surface area contributed by atoms with E-state index in [2.05, 4.69) is 10.5 Å². The van der Waals surface area contributed by atoms with E-state index in [9.17, 15) is 4.79 Å². The molecule has 0 heterocycles. The molecule has 1 amide bonds. The van der Waals surface area contributed by atoms with Crippen LogP contribution < -0.4 is 14.9 Å². The van der Waals surface area contributed by atoms with Crippen LogP contribution in [0.3, 0.4) is 0 Å². The molecule has 0 fully saturated rings. The number of amides is 1. The molecule has 160 valence electrons. The highest BCUT2D eigenvalue weighted by Gasteiger charge is 2.05. The van der Waals surface area contributed by atoms with Crippen LogP contribution in [0.2, 0.25) is 10.0 Å². The molecule has 5 nitrogen and oxygen atoms in total. The number of hydrogen-bond acceptors (Lipinski definition) is 4. The van der Waals surface area contributed by atoms with Crippen molar-refractivity contribution in [2.75, 3.05) is 6.61 Å². The summed E-state index contributed by atoms with van der Waals surface area (Å²) in [6.45, 7) is 3.02. The third-order valence-corrected chi connectivity index (χ3v) is 4.85. The molecule has 31 heavy (non-hydrogen) atoms. The number of hydrogen-bond donors (Lipinski definition) is 1. The Labute approximate surface area is 191 Å². The molecule has 3 rings (SSSR count). The van der Waals surface area contributed by atoms with Gasteiger partial charge >= 0.3 is 0 Å². The van der Waals surface area contributed by atoms with Gasteiger partial charge in [0.25, 0.3) is 5.91 Å².